The maximum atomic E-state index is 11.1. The van der Waals surface area contributed by atoms with Crippen LogP contribution in [0.25, 0.3) is 10.9 Å². The Morgan fingerprint density at radius 2 is 2.12 bits per heavy atom. The maximum absolute atomic E-state index is 11.1. The van der Waals surface area contributed by atoms with Crippen LogP contribution in [0.4, 0.5) is 0 Å². The number of aromatic carboxylic acids is 1. The number of fused-ring (bicyclic) bond motifs is 1. The summed E-state index contributed by atoms with van der Waals surface area (Å²) < 4.78 is 1.67. The molecule has 1 aromatic heterocycles. The highest BCUT2D eigenvalue weighted by Crippen LogP contribution is 2.24. The average Bonchev–Trinajstić information content (AvgIpc) is 2.64. The Bertz CT molecular complexity index is 562. The van der Waals surface area contributed by atoms with Gasteiger partial charge in [0.2, 0.25) is 0 Å². The molecule has 2 rings (SSSR count). The zero-order valence-electron chi connectivity index (χ0n) is 9.06. The Balaban J connectivity index is 2.60. The van der Waals surface area contributed by atoms with Gasteiger partial charge in [0.1, 0.15) is 5.69 Å². The molecule has 1 aromatic carbocycles. The van der Waals surface area contributed by atoms with Crippen LogP contribution in [0, 0.1) is 0 Å². The number of halogens is 1. The van der Waals surface area contributed by atoms with Gasteiger partial charge in [0, 0.05) is 23.6 Å². The highest BCUT2D eigenvalue weighted by Gasteiger charge is 2.14. The molecule has 0 fully saturated rings. The number of carboxylic acid groups (broad SMARTS) is 1. The molecule has 5 heteroatoms. The number of carboxylic acids is 1. The van der Waals surface area contributed by atoms with Crippen molar-refractivity contribution < 1.29 is 15.0 Å². The van der Waals surface area contributed by atoms with Crippen LogP contribution in [-0.2, 0) is 6.54 Å². The van der Waals surface area contributed by atoms with Crippen LogP contribution in [0.2, 0.25) is 5.02 Å². The zero-order valence-corrected chi connectivity index (χ0v) is 9.81. The van der Waals surface area contributed by atoms with Gasteiger partial charge in [-0.1, -0.05) is 17.7 Å². The molecule has 0 aliphatic rings. The highest BCUT2D eigenvalue weighted by atomic mass is 35.5. The minimum Gasteiger partial charge on any atom is -0.477 e. The average molecular weight is 254 g/mol. The lowest BCUT2D eigenvalue weighted by Crippen LogP contribution is -2.09. The normalized spacial score (nSPS) is 10.9. The van der Waals surface area contributed by atoms with Crippen molar-refractivity contribution in [1.82, 2.24) is 4.57 Å². The third kappa shape index (κ3) is 2.28. The molecule has 0 saturated carbocycles. The second kappa shape index (κ2) is 4.77. The number of aliphatic hydroxyl groups excluding tert-OH is 1. The van der Waals surface area contributed by atoms with Gasteiger partial charge in [-0.3, -0.25) is 0 Å². The Morgan fingerprint density at radius 3 is 2.76 bits per heavy atom. The fourth-order valence-corrected chi connectivity index (χ4v) is 2.04. The summed E-state index contributed by atoms with van der Waals surface area (Å²) in [4.78, 5) is 11.1. The van der Waals surface area contributed by atoms with Crippen molar-refractivity contribution in [2.24, 2.45) is 0 Å². The van der Waals surface area contributed by atoms with Gasteiger partial charge >= 0.3 is 5.97 Å². The number of hydrogen-bond donors (Lipinski definition) is 2. The SMILES string of the molecule is O=C(O)c1cc2ccc(Cl)cc2n1CCCO. The lowest BCUT2D eigenvalue weighted by atomic mass is 10.2. The van der Waals surface area contributed by atoms with E-state index < -0.39 is 5.97 Å². The van der Waals surface area contributed by atoms with Crippen LogP contribution in [0.3, 0.4) is 0 Å². The van der Waals surface area contributed by atoms with E-state index in [1.807, 2.05) is 0 Å². The fraction of sp³-hybridized carbons (Fsp3) is 0.250. The Labute approximate surface area is 103 Å². The molecule has 0 unspecified atom stereocenters. The van der Waals surface area contributed by atoms with Crippen LogP contribution in [0.5, 0.6) is 0 Å². The Morgan fingerprint density at radius 1 is 1.35 bits per heavy atom. The van der Waals surface area contributed by atoms with E-state index in [4.69, 9.17) is 21.8 Å². The van der Waals surface area contributed by atoms with Crippen LogP contribution < -0.4 is 0 Å². The topological polar surface area (TPSA) is 62.5 Å². The number of aryl methyl sites for hydroxylation is 1. The summed E-state index contributed by atoms with van der Waals surface area (Å²) in [5, 5.41) is 19.4. The lowest BCUT2D eigenvalue weighted by Gasteiger charge is -2.07. The highest BCUT2D eigenvalue weighted by molar-refractivity contribution is 6.31. The van der Waals surface area contributed by atoms with Gasteiger partial charge < -0.3 is 14.8 Å². The van der Waals surface area contributed by atoms with Crippen LogP contribution >= 0.6 is 11.6 Å². The molecule has 90 valence electrons. The van der Waals surface area contributed by atoms with E-state index in [1.165, 1.54) is 0 Å². The van der Waals surface area contributed by atoms with E-state index >= 15 is 0 Å². The van der Waals surface area contributed by atoms with Crippen molar-refractivity contribution in [1.29, 1.82) is 0 Å². The van der Waals surface area contributed by atoms with E-state index in [9.17, 15) is 4.79 Å². The fourth-order valence-electron chi connectivity index (χ4n) is 1.87. The molecule has 0 atom stereocenters. The zero-order chi connectivity index (χ0) is 12.4. The molecule has 0 amide bonds. The van der Waals surface area contributed by atoms with E-state index in [0.717, 1.165) is 10.9 Å². The van der Waals surface area contributed by atoms with Crippen molar-refractivity contribution in [2.45, 2.75) is 13.0 Å². The molecule has 4 nitrogen and oxygen atoms in total. The summed E-state index contributed by atoms with van der Waals surface area (Å²) in [6.45, 7) is 0.487. The molecular formula is C12H12ClNO3. The van der Waals surface area contributed by atoms with E-state index in [-0.39, 0.29) is 12.3 Å². The third-order valence-corrected chi connectivity index (χ3v) is 2.86. The predicted octanol–water partition coefficient (Wildman–Crippen LogP) is 2.38. The summed E-state index contributed by atoms with van der Waals surface area (Å²) in [6, 6.07) is 6.87. The first-order chi connectivity index (χ1) is 8.13. The van der Waals surface area contributed by atoms with Crippen molar-refractivity contribution in [3.05, 3.63) is 35.0 Å². The molecule has 2 aromatic rings. The molecule has 0 spiro atoms. The molecule has 0 aliphatic heterocycles. The minimum atomic E-state index is -0.977. The molecule has 0 aliphatic carbocycles. The van der Waals surface area contributed by atoms with Crippen LogP contribution in [0.15, 0.2) is 24.3 Å². The number of aromatic nitrogens is 1. The Hall–Kier alpha value is -1.52. The monoisotopic (exact) mass is 253 g/mol. The lowest BCUT2D eigenvalue weighted by molar-refractivity contribution is 0.0685. The first kappa shape index (κ1) is 12.0. The summed E-state index contributed by atoms with van der Waals surface area (Å²) in [5.74, 6) is -0.977. The van der Waals surface area contributed by atoms with Gasteiger partial charge in [0.15, 0.2) is 0 Å². The first-order valence-electron chi connectivity index (χ1n) is 5.26. The molecule has 1 heterocycles. The quantitative estimate of drug-likeness (QED) is 0.879. The van der Waals surface area contributed by atoms with Gasteiger partial charge in [-0.15, -0.1) is 0 Å². The van der Waals surface area contributed by atoms with Crippen LogP contribution in [-0.4, -0.2) is 27.4 Å². The second-order valence-electron chi connectivity index (χ2n) is 3.77. The molecule has 0 radical (unpaired) electrons. The molecular weight excluding hydrogens is 242 g/mol. The third-order valence-electron chi connectivity index (χ3n) is 2.63. The summed E-state index contributed by atoms with van der Waals surface area (Å²) >= 11 is 5.90. The van der Waals surface area contributed by atoms with E-state index in [0.29, 0.717) is 18.0 Å². The van der Waals surface area contributed by atoms with Crippen LogP contribution in [0.1, 0.15) is 16.9 Å². The molecule has 2 N–H and O–H groups in total. The summed E-state index contributed by atoms with van der Waals surface area (Å²) in [6.07, 6.45) is 0.510. The molecule has 17 heavy (non-hydrogen) atoms. The maximum Gasteiger partial charge on any atom is 0.352 e. The number of hydrogen-bond acceptors (Lipinski definition) is 2. The van der Waals surface area contributed by atoms with Crippen molar-refractivity contribution in [3.63, 3.8) is 0 Å². The predicted molar refractivity (Wildman–Crippen MR) is 65.6 cm³/mol. The standard InChI is InChI=1S/C12H12ClNO3/c13-9-3-2-8-6-11(12(16)17)14(4-1-5-15)10(8)7-9/h2-3,6-7,15H,1,4-5H2,(H,16,17). The number of aliphatic hydroxyl groups is 1. The first-order valence-corrected chi connectivity index (χ1v) is 5.64. The summed E-state index contributed by atoms with van der Waals surface area (Å²) in [5.41, 5.74) is 0.999. The van der Waals surface area contributed by atoms with Gasteiger partial charge in [-0.05, 0) is 24.6 Å². The number of nitrogens with zero attached hydrogens (tertiary/aromatic N) is 1. The second-order valence-corrected chi connectivity index (χ2v) is 4.20. The number of carbonyl (C=O) groups is 1. The molecule has 0 bridgehead atoms. The van der Waals surface area contributed by atoms with E-state index in [1.54, 1.807) is 28.8 Å². The van der Waals surface area contributed by atoms with Crippen molar-refractivity contribution >= 4 is 28.5 Å². The van der Waals surface area contributed by atoms with Gasteiger partial charge in [-0.2, -0.15) is 0 Å². The number of rotatable bonds is 4. The smallest absolute Gasteiger partial charge is 0.352 e. The largest absolute Gasteiger partial charge is 0.477 e. The van der Waals surface area contributed by atoms with Gasteiger partial charge in [0.05, 0.1) is 5.52 Å². The minimum absolute atomic E-state index is 0.0271. The van der Waals surface area contributed by atoms with Crippen molar-refractivity contribution in [3.8, 4) is 0 Å². The molecule has 0 saturated heterocycles. The van der Waals surface area contributed by atoms with Crippen molar-refractivity contribution in [2.75, 3.05) is 6.61 Å². The summed E-state index contributed by atoms with van der Waals surface area (Å²) in [7, 11) is 0. The number of benzene rings is 1. The van der Waals surface area contributed by atoms with E-state index in [2.05, 4.69) is 0 Å². The Kier molecular flexibility index (Phi) is 3.36. The van der Waals surface area contributed by atoms with Gasteiger partial charge in [0.25, 0.3) is 0 Å². The van der Waals surface area contributed by atoms with Gasteiger partial charge in [-0.25, -0.2) is 4.79 Å².